The minimum Gasteiger partial charge on any atom is -0.338 e. The third-order valence-electron chi connectivity index (χ3n) is 4.15. The van der Waals surface area contributed by atoms with E-state index < -0.39 is 0 Å². The highest BCUT2D eigenvalue weighted by atomic mass is 19.1. The first-order chi connectivity index (χ1) is 11.0. The first-order valence-electron chi connectivity index (χ1n) is 8.54. The van der Waals surface area contributed by atoms with Crippen LogP contribution in [-0.4, -0.2) is 55.1 Å². The molecule has 4 nitrogen and oxygen atoms in total. The topological polar surface area (TPSA) is 35.6 Å². The summed E-state index contributed by atoms with van der Waals surface area (Å²) >= 11 is 0. The Balaban J connectivity index is 1.64. The maximum atomic E-state index is 13.1. The van der Waals surface area contributed by atoms with E-state index in [0.717, 1.165) is 57.7 Å². The summed E-state index contributed by atoms with van der Waals surface area (Å²) in [6.45, 7) is 9.31. The molecule has 0 aromatic heterocycles. The van der Waals surface area contributed by atoms with Crippen LogP contribution in [0.1, 0.15) is 25.8 Å². The summed E-state index contributed by atoms with van der Waals surface area (Å²) in [5, 5.41) is 2.97. The third-order valence-corrected chi connectivity index (χ3v) is 4.15. The van der Waals surface area contributed by atoms with Gasteiger partial charge in [0, 0.05) is 32.7 Å². The van der Waals surface area contributed by atoms with Crippen molar-refractivity contribution in [3.63, 3.8) is 0 Å². The first-order valence-corrected chi connectivity index (χ1v) is 8.54. The summed E-state index contributed by atoms with van der Waals surface area (Å²) in [7, 11) is 0. The molecule has 0 atom stereocenters. The normalized spacial score (nSPS) is 15.9. The zero-order valence-corrected chi connectivity index (χ0v) is 14.2. The lowest BCUT2D eigenvalue weighted by Crippen LogP contribution is -2.52. The van der Waals surface area contributed by atoms with Gasteiger partial charge in [0.15, 0.2) is 0 Å². The van der Waals surface area contributed by atoms with Gasteiger partial charge in [-0.3, -0.25) is 4.90 Å². The Morgan fingerprint density at radius 2 is 2.00 bits per heavy atom. The zero-order chi connectivity index (χ0) is 16.7. The summed E-state index contributed by atoms with van der Waals surface area (Å²) in [5.41, 5.74) is 1.05. The van der Waals surface area contributed by atoms with E-state index in [4.69, 9.17) is 0 Å². The van der Waals surface area contributed by atoms with E-state index in [9.17, 15) is 9.18 Å². The van der Waals surface area contributed by atoms with Gasteiger partial charge in [0.2, 0.25) is 0 Å². The molecule has 0 bridgehead atoms. The fourth-order valence-electron chi connectivity index (χ4n) is 2.78. The minimum atomic E-state index is -0.163. The van der Waals surface area contributed by atoms with Crippen molar-refractivity contribution in [3.8, 4) is 0 Å². The number of carbonyl (C=O) groups is 1. The maximum absolute atomic E-state index is 13.1. The van der Waals surface area contributed by atoms with Crippen molar-refractivity contribution in [1.29, 1.82) is 0 Å². The molecule has 1 aromatic carbocycles. The van der Waals surface area contributed by atoms with Crippen LogP contribution in [-0.2, 0) is 6.42 Å². The van der Waals surface area contributed by atoms with E-state index >= 15 is 0 Å². The number of nitrogens with one attached hydrogen (secondary N) is 1. The standard InChI is InChI=1S/C18H28FN3O/c1-15(2)14-20-18(23)22-11-9-21(10-12-22)8-4-6-16-5-3-7-17(19)13-16/h3,5,7,13,15H,4,6,8-12,14H2,1-2H3,(H,20,23). The van der Waals surface area contributed by atoms with Crippen LogP contribution in [0.2, 0.25) is 0 Å². The van der Waals surface area contributed by atoms with E-state index in [1.54, 1.807) is 12.1 Å². The molecular formula is C18H28FN3O. The van der Waals surface area contributed by atoms with Gasteiger partial charge < -0.3 is 10.2 Å². The number of hydrogen-bond acceptors (Lipinski definition) is 2. The first kappa shape index (κ1) is 17.7. The van der Waals surface area contributed by atoms with Crippen molar-refractivity contribution in [2.24, 2.45) is 5.92 Å². The summed E-state index contributed by atoms with van der Waals surface area (Å²) in [6, 6.07) is 6.88. The Morgan fingerprint density at radius 1 is 1.26 bits per heavy atom. The van der Waals surface area contributed by atoms with E-state index in [-0.39, 0.29) is 11.8 Å². The van der Waals surface area contributed by atoms with Crippen molar-refractivity contribution in [2.75, 3.05) is 39.3 Å². The van der Waals surface area contributed by atoms with Gasteiger partial charge >= 0.3 is 6.03 Å². The molecule has 1 N–H and O–H groups in total. The number of hydrogen-bond donors (Lipinski definition) is 1. The summed E-state index contributed by atoms with van der Waals surface area (Å²) in [5.74, 6) is 0.312. The molecule has 0 unspecified atom stereocenters. The van der Waals surface area contributed by atoms with Crippen LogP contribution in [0.15, 0.2) is 24.3 Å². The van der Waals surface area contributed by atoms with Gasteiger partial charge in [-0.15, -0.1) is 0 Å². The predicted molar refractivity (Wildman–Crippen MR) is 91.0 cm³/mol. The fourth-order valence-corrected chi connectivity index (χ4v) is 2.78. The molecule has 1 aromatic rings. The van der Waals surface area contributed by atoms with Crippen LogP contribution >= 0.6 is 0 Å². The van der Waals surface area contributed by atoms with Gasteiger partial charge in [0.1, 0.15) is 5.82 Å². The highest BCUT2D eigenvalue weighted by Gasteiger charge is 2.20. The average Bonchev–Trinajstić information content (AvgIpc) is 2.53. The monoisotopic (exact) mass is 321 g/mol. The van der Waals surface area contributed by atoms with E-state index in [1.807, 2.05) is 11.0 Å². The van der Waals surface area contributed by atoms with Crippen LogP contribution in [0.5, 0.6) is 0 Å². The molecule has 23 heavy (non-hydrogen) atoms. The number of aryl methyl sites for hydroxylation is 1. The number of urea groups is 1. The third kappa shape index (κ3) is 6.18. The van der Waals surface area contributed by atoms with Gasteiger partial charge in [-0.1, -0.05) is 26.0 Å². The molecule has 5 heteroatoms. The maximum Gasteiger partial charge on any atom is 0.317 e. The largest absolute Gasteiger partial charge is 0.338 e. The Hall–Kier alpha value is -1.62. The fraction of sp³-hybridized carbons (Fsp3) is 0.611. The Bertz CT molecular complexity index is 499. The van der Waals surface area contributed by atoms with E-state index in [2.05, 4.69) is 24.1 Å². The molecule has 1 aliphatic rings. The molecule has 2 rings (SSSR count). The summed E-state index contributed by atoms with van der Waals surface area (Å²) in [4.78, 5) is 16.3. The van der Waals surface area contributed by atoms with Gasteiger partial charge in [0.05, 0.1) is 0 Å². The number of rotatable bonds is 6. The second kappa shape index (κ2) is 8.87. The summed E-state index contributed by atoms with van der Waals surface area (Å²) < 4.78 is 13.1. The molecule has 0 saturated carbocycles. The van der Waals surface area contributed by atoms with Gasteiger partial charge in [0.25, 0.3) is 0 Å². The van der Waals surface area contributed by atoms with Gasteiger partial charge in [-0.25, -0.2) is 9.18 Å². The molecule has 1 saturated heterocycles. The second-order valence-corrected chi connectivity index (χ2v) is 6.64. The molecule has 0 spiro atoms. The molecule has 2 amide bonds. The molecule has 0 radical (unpaired) electrons. The van der Waals surface area contributed by atoms with Gasteiger partial charge in [-0.05, 0) is 43.0 Å². The van der Waals surface area contributed by atoms with Crippen LogP contribution in [0.4, 0.5) is 9.18 Å². The van der Waals surface area contributed by atoms with Crippen LogP contribution < -0.4 is 5.32 Å². The highest BCUT2D eigenvalue weighted by molar-refractivity contribution is 5.74. The Kier molecular flexibility index (Phi) is 6.84. The minimum absolute atomic E-state index is 0.0538. The molecule has 128 valence electrons. The van der Waals surface area contributed by atoms with Crippen molar-refractivity contribution in [1.82, 2.24) is 15.1 Å². The van der Waals surface area contributed by atoms with E-state index in [0.29, 0.717) is 5.92 Å². The van der Waals surface area contributed by atoms with E-state index in [1.165, 1.54) is 6.07 Å². The molecule has 1 aliphatic heterocycles. The van der Waals surface area contributed by atoms with Crippen molar-refractivity contribution >= 4 is 6.03 Å². The van der Waals surface area contributed by atoms with Gasteiger partial charge in [-0.2, -0.15) is 0 Å². The molecular weight excluding hydrogens is 293 g/mol. The lowest BCUT2D eigenvalue weighted by Gasteiger charge is -2.34. The lowest BCUT2D eigenvalue weighted by atomic mass is 10.1. The zero-order valence-electron chi connectivity index (χ0n) is 14.2. The lowest BCUT2D eigenvalue weighted by molar-refractivity contribution is 0.138. The van der Waals surface area contributed by atoms with Crippen molar-refractivity contribution in [3.05, 3.63) is 35.6 Å². The molecule has 1 heterocycles. The Morgan fingerprint density at radius 3 is 2.65 bits per heavy atom. The SMILES string of the molecule is CC(C)CNC(=O)N1CCN(CCCc2cccc(F)c2)CC1. The molecule has 1 fully saturated rings. The highest BCUT2D eigenvalue weighted by Crippen LogP contribution is 2.08. The number of halogens is 1. The predicted octanol–water partition coefficient (Wildman–Crippen LogP) is 2.74. The number of benzene rings is 1. The van der Waals surface area contributed by atoms with Crippen LogP contribution in [0, 0.1) is 11.7 Å². The number of carbonyl (C=O) groups excluding carboxylic acids is 1. The van der Waals surface area contributed by atoms with Crippen molar-refractivity contribution in [2.45, 2.75) is 26.7 Å². The average molecular weight is 321 g/mol. The summed E-state index contributed by atoms with van der Waals surface area (Å²) in [6.07, 6.45) is 1.91. The molecule has 0 aliphatic carbocycles. The number of nitrogens with zero attached hydrogens (tertiary/aromatic N) is 2. The second-order valence-electron chi connectivity index (χ2n) is 6.64. The smallest absolute Gasteiger partial charge is 0.317 e. The van der Waals surface area contributed by atoms with Crippen molar-refractivity contribution < 1.29 is 9.18 Å². The number of amides is 2. The quantitative estimate of drug-likeness (QED) is 0.874. The number of piperazine rings is 1. The van der Waals surface area contributed by atoms with Crippen LogP contribution in [0.25, 0.3) is 0 Å². The van der Waals surface area contributed by atoms with Crippen LogP contribution in [0.3, 0.4) is 0 Å². The Labute approximate surface area is 138 Å².